The number of nitro benzene ring substituents is 1. The summed E-state index contributed by atoms with van der Waals surface area (Å²) < 4.78 is 2.02. The number of carbonyl (C=O) groups is 1. The zero-order valence-electron chi connectivity index (χ0n) is 14.1. The van der Waals surface area contributed by atoms with E-state index in [0.717, 1.165) is 40.4 Å². The van der Waals surface area contributed by atoms with Crippen LogP contribution in [0.15, 0.2) is 47.6 Å². The molecule has 0 aliphatic heterocycles. The highest BCUT2D eigenvalue weighted by Crippen LogP contribution is 2.24. The summed E-state index contributed by atoms with van der Waals surface area (Å²) in [5.41, 5.74) is 4.65. The van der Waals surface area contributed by atoms with Crippen LogP contribution in [0.25, 0.3) is 10.9 Å². The minimum absolute atomic E-state index is 0.217. The van der Waals surface area contributed by atoms with E-state index in [1.807, 2.05) is 42.8 Å². The molecule has 8 nitrogen and oxygen atoms in total. The summed E-state index contributed by atoms with van der Waals surface area (Å²) in [6, 6.07) is 11.0. The zero-order valence-corrected chi connectivity index (χ0v) is 14.1. The van der Waals surface area contributed by atoms with Crippen molar-refractivity contribution < 1.29 is 14.8 Å². The molecule has 0 aliphatic rings. The Bertz CT molecular complexity index is 1050. The number of benzene rings is 2. The van der Waals surface area contributed by atoms with Crippen molar-refractivity contribution in [3.8, 4) is 5.75 Å². The number of nitrogens with zero attached hydrogens (tertiary/aromatic N) is 3. The molecule has 2 N–H and O–H groups in total. The number of phenolic OH excluding ortho intramolecular Hbond substituents is 1. The molecule has 0 saturated heterocycles. The number of carbonyl (C=O) groups excluding carboxylic acids is 1. The number of hydrogen-bond donors (Lipinski definition) is 2. The average molecular weight is 352 g/mol. The van der Waals surface area contributed by atoms with Gasteiger partial charge in [-0.15, -0.1) is 0 Å². The van der Waals surface area contributed by atoms with Gasteiger partial charge in [-0.2, -0.15) is 5.10 Å². The summed E-state index contributed by atoms with van der Waals surface area (Å²) in [6.45, 7) is 1.94. The first-order valence-corrected chi connectivity index (χ1v) is 7.75. The Morgan fingerprint density at radius 1 is 1.31 bits per heavy atom. The molecule has 3 rings (SSSR count). The van der Waals surface area contributed by atoms with Crippen LogP contribution in [0.2, 0.25) is 0 Å². The van der Waals surface area contributed by atoms with Gasteiger partial charge in [-0.1, -0.05) is 18.2 Å². The Hall–Kier alpha value is -3.68. The number of hydrogen-bond acceptors (Lipinski definition) is 5. The summed E-state index contributed by atoms with van der Waals surface area (Å²) in [6.07, 6.45) is 1.52. The smallest absolute Gasteiger partial charge is 0.275 e. The maximum Gasteiger partial charge on any atom is 0.275 e. The molecule has 0 atom stereocenters. The van der Waals surface area contributed by atoms with Gasteiger partial charge in [0.1, 0.15) is 5.75 Å². The predicted octanol–water partition coefficient (Wildman–Crippen LogP) is 2.86. The summed E-state index contributed by atoms with van der Waals surface area (Å²) >= 11 is 0. The number of aromatic nitrogens is 1. The lowest BCUT2D eigenvalue weighted by Crippen LogP contribution is -2.18. The van der Waals surface area contributed by atoms with E-state index in [1.54, 1.807) is 0 Å². The molecule has 2 aromatic carbocycles. The van der Waals surface area contributed by atoms with Crippen LogP contribution in [-0.4, -0.2) is 26.7 Å². The Kier molecular flexibility index (Phi) is 4.40. The molecule has 26 heavy (non-hydrogen) atoms. The van der Waals surface area contributed by atoms with Gasteiger partial charge >= 0.3 is 0 Å². The predicted molar refractivity (Wildman–Crippen MR) is 97.5 cm³/mol. The number of nitro groups is 1. The fourth-order valence-electron chi connectivity index (χ4n) is 2.75. The maximum atomic E-state index is 12.2. The van der Waals surface area contributed by atoms with E-state index < -0.39 is 10.8 Å². The van der Waals surface area contributed by atoms with Crippen molar-refractivity contribution in [3.05, 3.63) is 69.4 Å². The number of phenols is 1. The maximum absolute atomic E-state index is 12.2. The van der Waals surface area contributed by atoms with Gasteiger partial charge in [-0.3, -0.25) is 14.9 Å². The van der Waals surface area contributed by atoms with E-state index in [1.165, 1.54) is 6.21 Å². The fourth-order valence-corrected chi connectivity index (χ4v) is 2.75. The van der Waals surface area contributed by atoms with Crippen LogP contribution in [-0.2, 0) is 7.05 Å². The van der Waals surface area contributed by atoms with E-state index in [-0.39, 0.29) is 17.0 Å². The van der Waals surface area contributed by atoms with Gasteiger partial charge in [0.25, 0.3) is 11.6 Å². The number of aromatic hydroxyl groups is 1. The first-order valence-electron chi connectivity index (χ1n) is 7.75. The summed E-state index contributed by atoms with van der Waals surface area (Å²) in [4.78, 5) is 22.3. The molecule has 132 valence electrons. The van der Waals surface area contributed by atoms with Crippen molar-refractivity contribution in [3.63, 3.8) is 0 Å². The van der Waals surface area contributed by atoms with Crippen LogP contribution < -0.4 is 5.43 Å². The van der Waals surface area contributed by atoms with Crippen molar-refractivity contribution in [2.75, 3.05) is 0 Å². The van der Waals surface area contributed by atoms with Crippen LogP contribution >= 0.6 is 0 Å². The van der Waals surface area contributed by atoms with Gasteiger partial charge in [0.05, 0.1) is 16.7 Å². The number of aryl methyl sites for hydroxylation is 1. The third-order valence-corrected chi connectivity index (χ3v) is 4.24. The lowest BCUT2D eigenvalue weighted by atomic mass is 10.1. The molecule has 0 aliphatic carbocycles. The van der Waals surface area contributed by atoms with Crippen LogP contribution in [0.5, 0.6) is 5.75 Å². The lowest BCUT2D eigenvalue weighted by Gasteiger charge is -2.03. The SMILES string of the molecule is Cc1c(C=NNC(=O)c2cc([N+](=O)[O-])ccc2O)c2ccccc2n1C. The van der Waals surface area contributed by atoms with Gasteiger partial charge in [0, 0.05) is 41.3 Å². The monoisotopic (exact) mass is 352 g/mol. The van der Waals surface area contributed by atoms with Gasteiger partial charge < -0.3 is 9.67 Å². The molecule has 0 saturated carbocycles. The number of amides is 1. The van der Waals surface area contributed by atoms with Gasteiger partial charge in [0.15, 0.2) is 0 Å². The van der Waals surface area contributed by atoms with Crippen molar-refractivity contribution in [1.29, 1.82) is 0 Å². The first-order chi connectivity index (χ1) is 12.4. The molecule has 1 aromatic heterocycles. The number of rotatable bonds is 4. The molecule has 1 heterocycles. The number of fused-ring (bicyclic) bond motifs is 1. The Labute approximate surface area is 148 Å². The van der Waals surface area contributed by atoms with Crippen molar-refractivity contribution >= 4 is 28.7 Å². The van der Waals surface area contributed by atoms with Crippen LogP contribution in [0.4, 0.5) is 5.69 Å². The Balaban J connectivity index is 1.86. The number of non-ortho nitro benzene ring substituents is 1. The van der Waals surface area contributed by atoms with E-state index >= 15 is 0 Å². The van der Waals surface area contributed by atoms with Crippen molar-refractivity contribution in [2.45, 2.75) is 6.92 Å². The topological polar surface area (TPSA) is 110 Å². The third kappa shape index (κ3) is 3.00. The quantitative estimate of drug-likeness (QED) is 0.427. The molecule has 0 spiro atoms. The highest BCUT2D eigenvalue weighted by Gasteiger charge is 2.16. The van der Waals surface area contributed by atoms with Crippen molar-refractivity contribution in [1.82, 2.24) is 9.99 Å². The minimum atomic E-state index is -0.736. The van der Waals surface area contributed by atoms with E-state index in [0.29, 0.717) is 0 Å². The number of para-hydroxylation sites is 1. The first kappa shape index (κ1) is 17.2. The molecular formula is C18H16N4O4. The van der Waals surface area contributed by atoms with E-state index in [4.69, 9.17) is 0 Å². The van der Waals surface area contributed by atoms with Gasteiger partial charge in [-0.05, 0) is 19.1 Å². The fraction of sp³-hybridized carbons (Fsp3) is 0.111. The van der Waals surface area contributed by atoms with Crippen LogP contribution in [0.1, 0.15) is 21.6 Å². The van der Waals surface area contributed by atoms with Gasteiger partial charge in [0.2, 0.25) is 0 Å². The molecule has 8 heteroatoms. The molecular weight excluding hydrogens is 336 g/mol. The standard InChI is InChI=1S/C18H16N4O4/c1-11-15(13-5-3-4-6-16(13)21(11)2)10-19-20-18(24)14-9-12(22(25)26)7-8-17(14)23/h3-10,23H,1-2H3,(H,20,24). The second-order valence-corrected chi connectivity index (χ2v) is 5.73. The average Bonchev–Trinajstić information content (AvgIpc) is 2.87. The highest BCUT2D eigenvalue weighted by molar-refractivity contribution is 6.02. The molecule has 3 aromatic rings. The highest BCUT2D eigenvalue weighted by atomic mass is 16.6. The Morgan fingerprint density at radius 3 is 2.77 bits per heavy atom. The third-order valence-electron chi connectivity index (χ3n) is 4.24. The molecule has 1 amide bonds. The van der Waals surface area contributed by atoms with Gasteiger partial charge in [-0.25, -0.2) is 5.43 Å². The van der Waals surface area contributed by atoms with Crippen LogP contribution in [0, 0.1) is 17.0 Å². The number of nitrogens with one attached hydrogen (secondary N) is 1. The van der Waals surface area contributed by atoms with Crippen molar-refractivity contribution in [2.24, 2.45) is 12.1 Å². The number of hydrazone groups is 1. The second-order valence-electron chi connectivity index (χ2n) is 5.73. The summed E-state index contributed by atoms with van der Waals surface area (Å²) in [7, 11) is 1.94. The molecule has 0 unspecified atom stereocenters. The lowest BCUT2D eigenvalue weighted by molar-refractivity contribution is -0.384. The van der Waals surface area contributed by atoms with E-state index in [2.05, 4.69) is 10.5 Å². The largest absolute Gasteiger partial charge is 0.507 e. The zero-order chi connectivity index (χ0) is 18.8. The Morgan fingerprint density at radius 2 is 2.04 bits per heavy atom. The normalized spacial score (nSPS) is 11.2. The molecule has 0 bridgehead atoms. The van der Waals surface area contributed by atoms with Crippen LogP contribution in [0.3, 0.4) is 0 Å². The molecule has 0 radical (unpaired) electrons. The van der Waals surface area contributed by atoms with E-state index in [9.17, 15) is 20.0 Å². The summed E-state index contributed by atoms with van der Waals surface area (Å²) in [5, 5.41) is 25.5. The second kappa shape index (κ2) is 6.67. The minimum Gasteiger partial charge on any atom is -0.507 e. The molecule has 0 fully saturated rings. The summed E-state index contributed by atoms with van der Waals surface area (Å²) in [5.74, 6) is -1.09.